The number of anilines is 1. The number of nitrogens with two attached hydrogens (primary N) is 1. The van der Waals surface area contributed by atoms with E-state index in [0.717, 1.165) is 17.7 Å². The van der Waals surface area contributed by atoms with Gasteiger partial charge in [-0.2, -0.15) is 0 Å². The van der Waals surface area contributed by atoms with Gasteiger partial charge < -0.3 is 10.5 Å². The maximum atomic E-state index is 13.4. The van der Waals surface area contributed by atoms with E-state index in [9.17, 15) is 4.39 Å². The molecule has 0 aliphatic rings. The standard InChI is InChI=1S/C13H15FN2O/c1-4-9-7(2)16-13-10(12(9)15)5-8(14)6-11(13)17-3/h5-6H,4H2,1-3H3,(H2,15,16). The summed E-state index contributed by atoms with van der Waals surface area (Å²) in [6, 6.07) is 2.72. The van der Waals surface area contributed by atoms with Crippen LogP contribution in [-0.2, 0) is 6.42 Å². The van der Waals surface area contributed by atoms with E-state index in [4.69, 9.17) is 10.5 Å². The van der Waals surface area contributed by atoms with Crippen LogP contribution < -0.4 is 10.5 Å². The van der Waals surface area contributed by atoms with E-state index in [1.165, 1.54) is 19.2 Å². The molecule has 2 N–H and O–H groups in total. The number of methoxy groups -OCH3 is 1. The highest BCUT2D eigenvalue weighted by Crippen LogP contribution is 2.32. The molecule has 0 fully saturated rings. The Morgan fingerprint density at radius 1 is 1.41 bits per heavy atom. The van der Waals surface area contributed by atoms with Gasteiger partial charge in [0.05, 0.1) is 7.11 Å². The molecular weight excluding hydrogens is 219 g/mol. The average molecular weight is 234 g/mol. The fourth-order valence-corrected chi connectivity index (χ4v) is 2.09. The van der Waals surface area contributed by atoms with E-state index in [2.05, 4.69) is 4.98 Å². The quantitative estimate of drug-likeness (QED) is 0.869. The molecule has 1 aromatic heterocycles. The zero-order valence-electron chi connectivity index (χ0n) is 10.2. The molecule has 3 nitrogen and oxygen atoms in total. The molecule has 4 heteroatoms. The lowest BCUT2D eigenvalue weighted by Crippen LogP contribution is -2.02. The number of nitrogens with zero attached hydrogens (tertiary/aromatic N) is 1. The second kappa shape index (κ2) is 4.20. The Balaban J connectivity index is 2.90. The predicted octanol–water partition coefficient (Wildman–Crippen LogP) is 2.84. The molecular formula is C13H15FN2O. The fraction of sp³-hybridized carbons (Fsp3) is 0.308. The van der Waals surface area contributed by atoms with Crippen LogP contribution in [0.2, 0.25) is 0 Å². The van der Waals surface area contributed by atoms with Gasteiger partial charge >= 0.3 is 0 Å². The summed E-state index contributed by atoms with van der Waals surface area (Å²) in [6.07, 6.45) is 0.777. The molecule has 0 unspecified atom stereocenters. The minimum Gasteiger partial charge on any atom is -0.494 e. The zero-order valence-corrected chi connectivity index (χ0v) is 10.2. The maximum absolute atomic E-state index is 13.4. The first-order chi connectivity index (χ1) is 8.08. The number of benzene rings is 1. The van der Waals surface area contributed by atoms with Crippen molar-refractivity contribution in [1.82, 2.24) is 4.98 Å². The van der Waals surface area contributed by atoms with Crippen LogP contribution in [0, 0.1) is 12.7 Å². The maximum Gasteiger partial charge on any atom is 0.148 e. The van der Waals surface area contributed by atoms with Gasteiger partial charge in [-0.3, -0.25) is 0 Å². The Morgan fingerprint density at radius 3 is 2.71 bits per heavy atom. The van der Waals surface area contributed by atoms with Crippen molar-refractivity contribution in [2.45, 2.75) is 20.3 Å². The molecule has 90 valence electrons. The van der Waals surface area contributed by atoms with E-state index in [1.807, 2.05) is 13.8 Å². The first-order valence-corrected chi connectivity index (χ1v) is 5.50. The number of aryl methyl sites for hydroxylation is 1. The molecule has 0 spiro atoms. The molecule has 1 heterocycles. The van der Waals surface area contributed by atoms with Gasteiger partial charge in [-0.25, -0.2) is 9.37 Å². The Morgan fingerprint density at radius 2 is 2.12 bits per heavy atom. The zero-order chi connectivity index (χ0) is 12.6. The van der Waals surface area contributed by atoms with Crippen molar-refractivity contribution in [3.63, 3.8) is 0 Å². The summed E-state index contributed by atoms with van der Waals surface area (Å²) in [5.74, 6) is 0.0474. The van der Waals surface area contributed by atoms with Crippen molar-refractivity contribution < 1.29 is 9.13 Å². The molecule has 0 bridgehead atoms. The lowest BCUT2D eigenvalue weighted by Gasteiger charge is -2.12. The molecule has 1 aromatic carbocycles. The number of pyridine rings is 1. The van der Waals surface area contributed by atoms with Gasteiger partial charge in [0.25, 0.3) is 0 Å². The highest BCUT2D eigenvalue weighted by molar-refractivity contribution is 5.95. The molecule has 0 saturated carbocycles. The molecule has 0 atom stereocenters. The largest absolute Gasteiger partial charge is 0.494 e. The van der Waals surface area contributed by atoms with Crippen LogP contribution in [0.15, 0.2) is 12.1 Å². The summed E-state index contributed by atoms with van der Waals surface area (Å²) in [5.41, 5.74) is 9.09. The van der Waals surface area contributed by atoms with Gasteiger partial charge in [0.2, 0.25) is 0 Å². The first-order valence-electron chi connectivity index (χ1n) is 5.50. The number of fused-ring (bicyclic) bond motifs is 1. The minimum absolute atomic E-state index is 0.367. The smallest absolute Gasteiger partial charge is 0.148 e. The lowest BCUT2D eigenvalue weighted by molar-refractivity contribution is 0.415. The van der Waals surface area contributed by atoms with Crippen molar-refractivity contribution in [3.05, 3.63) is 29.2 Å². The number of halogens is 1. The summed E-state index contributed by atoms with van der Waals surface area (Å²) >= 11 is 0. The summed E-state index contributed by atoms with van der Waals surface area (Å²) in [7, 11) is 1.50. The van der Waals surface area contributed by atoms with Gasteiger partial charge in [0, 0.05) is 22.8 Å². The van der Waals surface area contributed by atoms with Gasteiger partial charge in [0.1, 0.15) is 17.1 Å². The van der Waals surface area contributed by atoms with E-state index in [1.54, 1.807) is 0 Å². The summed E-state index contributed by atoms with van der Waals surface area (Å²) < 4.78 is 18.6. The SMILES string of the molecule is CCc1c(C)nc2c(OC)cc(F)cc2c1N. The van der Waals surface area contributed by atoms with E-state index >= 15 is 0 Å². The van der Waals surface area contributed by atoms with Crippen LogP contribution in [0.25, 0.3) is 10.9 Å². The number of hydrogen-bond donors (Lipinski definition) is 1. The van der Waals surface area contributed by atoms with E-state index in [-0.39, 0.29) is 5.82 Å². The number of aromatic nitrogens is 1. The van der Waals surface area contributed by atoms with Gasteiger partial charge in [-0.15, -0.1) is 0 Å². The topological polar surface area (TPSA) is 48.1 Å². The molecule has 0 aliphatic heterocycles. The number of hydrogen-bond acceptors (Lipinski definition) is 3. The van der Waals surface area contributed by atoms with Gasteiger partial charge in [-0.05, 0) is 25.0 Å². The number of ether oxygens (including phenoxy) is 1. The summed E-state index contributed by atoms with van der Waals surface area (Å²) in [4.78, 5) is 4.45. The lowest BCUT2D eigenvalue weighted by atomic mass is 10.0. The second-order valence-corrected chi connectivity index (χ2v) is 3.95. The Bertz CT molecular complexity index is 581. The van der Waals surface area contributed by atoms with Crippen LogP contribution in [0.4, 0.5) is 10.1 Å². The average Bonchev–Trinajstić information content (AvgIpc) is 2.30. The Kier molecular flexibility index (Phi) is 2.88. The molecule has 0 radical (unpaired) electrons. The van der Waals surface area contributed by atoms with Gasteiger partial charge in [0.15, 0.2) is 0 Å². The molecule has 0 amide bonds. The molecule has 2 rings (SSSR count). The summed E-state index contributed by atoms with van der Waals surface area (Å²) in [5, 5.41) is 0.615. The fourth-order valence-electron chi connectivity index (χ4n) is 2.09. The molecule has 0 aliphatic carbocycles. The number of rotatable bonds is 2. The normalized spacial score (nSPS) is 10.8. The van der Waals surface area contributed by atoms with Crippen molar-refractivity contribution in [1.29, 1.82) is 0 Å². The van der Waals surface area contributed by atoms with Crippen LogP contribution in [0.3, 0.4) is 0 Å². The second-order valence-electron chi connectivity index (χ2n) is 3.95. The van der Waals surface area contributed by atoms with Gasteiger partial charge in [-0.1, -0.05) is 6.92 Å². The Hall–Kier alpha value is -1.84. The molecule has 17 heavy (non-hydrogen) atoms. The molecule has 2 aromatic rings. The van der Waals surface area contributed by atoms with Crippen molar-refractivity contribution in [3.8, 4) is 5.75 Å². The number of nitrogen functional groups attached to an aromatic ring is 1. The third-order valence-corrected chi connectivity index (χ3v) is 2.94. The van der Waals surface area contributed by atoms with E-state index < -0.39 is 0 Å². The highest BCUT2D eigenvalue weighted by atomic mass is 19.1. The van der Waals surface area contributed by atoms with Crippen LogP contribution in [0.1, 0.15) is 18.2 Å². The van der Waals surface area contributed by atoms with Crippen LogP contribution in [-0.4, -0.2) is 12.1 Å². The highest BCUT2D eigenvalue weighted by Gasteiger charge is 2.13. The van der Waals surface area contributed by atoms with E-state index in [0.29, 0.717) is 22.3 Å². The first kappa shape index (κ1) is 11.6. The van der Waals surface area contributed by atoms with Crippen molar-refractivity contribution >= 4 is 16.6 Å². The van der Waals surface area contributed by atoms with Crippen molar-refractivity contribution in [2.24, 2.45) is 0 Å². The monoisotopic (exact) mass is 234 g/mol. The van der Waals surface area contributed by atoms with Crippen molar-refractivity contribution in [2.75, 3.05) is 12.8 Å². The minimum atomic E-state index is -0.367. The Labute approximate surface area is 99.4 Å². The van der Waals surface area contributed by atoms with Crippen LogP contribution >= 0.6 is 0 Å². The molecule has 0 saturated heterocycles. The third-order valence-electron chi connectivity index (χ3n) is 2.94. The third kappa shape index (κ3) is 1.79. The van der Waals surface area contributed by atoms with Crippen LogP contribution in [0.5, 0.6) is 5.75 Å². The summed E-state index contributed by atoms with van der Waals surface area (Å²) in [6.45, 7) is 3.90. The predicted molar refractivity (Wildman–Crippen MR) is 66.8 cm³/mol.